The third-order valence-electron chi connectivity index (χ3n) is 3.26. The minimum absolute atomic E-state index is 0.0557. The Morgan fingerprint density at radius 1 is 1.05 bits per heavy atom. The molecular weight excluding hydrogens is 276 g/mol. The number of benzene rings is 1. The summed E-state index contributed by atoms with van der Waals surface area (Å²) < 4.78 is 16.1. The molecule has 0 N–H and O–H groups in total. The summed E-state index contributed by atoms with van der Waals surface area (Å²) >= 11 is 0. The molecule has 1 aromatic carbocycles. The molecule has 0 radical (unpaired) electrons. The van der Waals surface area contributed by atoms with Gasteiger partial charge in [-0.25, -0.2) is 0 Å². The number of hydrogen-bond donors (Lipinski definition) is 0. The molecule has 0 saturated heterocycles. The molecule has 122 valence electrons. The van der Waals surface area contributed by atoms with Gasteiger partial charge in [0.2, 0.25) is 0 Å². The molecule has 0 heterocycles. The fraction of sp³-hybridized carbons (Fsp3) is 0.474. The Morgan fingerprint density at radius 3 is 2.09 bits per heavy atom. The van der Waals surface area contributed by atoms with E-state index in [-0.39, 0.29) is 6.10 Å². The second-order valence-corrected chi connectivity index (χ2v) is 5.45. The highest BCUT2D eigenvalue weighted by Crippen LogP contribution is 2.19. The lowest BCUT2D eigenvalue weighted by molar-refractivity contribution is 0.0638. The first-order valence-electron chi connectivity index (χ1n) is 7.78. The van der Waals surface area contributed by atoms with Gasteiger partial charge in [0.05, 0.1) is 25.7 Å². The molecule has 0 aliphatic heterocycles. The van der Waals surface area contributed by atoms with Crippen molar-refractivity contribution in [2.45, 2.75) is 40.2 Å². The van der Waals surface area contributed by atoms with Crippen molar-refractivity contribution in [1.82, 2.24) is 0 Å². The SMILES string of the molecule is CCCOC=C(C)c1ccc(C(C)=COC(C)COC)cc1. The first-order chi connectivity index (χ1) is 10.6. The lowest BCUT2D eigenvalue weighted by Gasteiger charge is -2.11. The summed E-state index contributed by atoms with van der Waals surface area (Å²) in [6.07, 6.45) is 4.71. The summed E-state index contributed by atoms with van der Waals surface area (Å²) in [6, 6.07) is 8.41. The smallest absolute Gasteiger partial charge is 0.118 e. The van der Waals surface area contributed by atoms with E-state index in [1.807, 2.05) is 20.1 Å². The molecule has 1 atom stereocenters. The summed E-state index contributed by atoms with van der Waals surface area (Å²) in [5.41, 5.74) is 4.54. The predicted molar refractivity (Wildman–Crippen MR) is 92.4 cm³/mol. The van der Waals surface area contributed by atoms with Gasteiger partial charge in [0.15, 0.2) is 0 Å². The molecule has 0 spiro atoms. The van der Waals surface area contributed by atoms with Gasteiger partial charge >= 0.3 is 0 Å². The van der Waals surface area contributed by atoms with Crippen LogP contribution in [-0.2, 0) is 14.2 Å². The minimum atomic E-state index is 0.0557. The number of hydrogen-bond acceptors (Lipinski definition) is 3. The maximum Gasteiger partial charge on any atom is 0.118 e. The van der Waals surface area contributed by atoms with Crippen LogP contribution in [0.15, 0.2) is 36.8 Å². The largest absolute Gasteiger partial charge is 0.501 e. The van der Waals surface area contributed by atoms with Crippen LogP contribution in [0.2, 0.25) is 0 Å². The van der Waals surface area contributed by atoms with Gasteiger partial charge in [0.1, 0.15) is 6.10 Å². The van der Waals surface area contributed by atoms with Gasteiger partial charge in [-0.2, -0.15) is 0 Å². The van der Waals surface area contributed by atoms with Crippen LogP contribution < -0.4 is 0 Å². The molecule has 0 aliphatic carbocycles. The van der Waals surface area contributed by atoms with Crippen LogP contribution in [0.5, 0.6) is 0 Å². The lowest BCUT2D eigenvalue weighted by atomic mass is 10.0. The van der Waals surface area contributed by atoms with Gasteiger partial charge in [-0.15, -0.1) is 0 Å². The Bertz CT molecular complexity index is 486. The number of allylic oxidation sites excluding steroid dienone is 2. The zero-order chi connectivity index (χ0) is 16.4. The van der Waals surface area contributed by atoms with Crippen LogP contribution in [0.3, 0.4) is 0 Å². The van der Waals surface area contributed by atoms with Crippen LogP contribution >= 0.6 is 0 Å². The second kappa shape index (κ2) is 10.1. The predicted octanol–water partition coefficient (Wildman–Crippen LogP) is 4.89. The van der Waals surface area contributed by atoms with Crippen molar-refractivity contribution in [2.24, 2.45) is 0 Å². The van der Waals surface area contributed by atoms with E-state index >= 15 is 0 Å². The van der Waals surface area contributed by atoms with E-state index < -0.39 is 0 Å². The van der Waals surface area contributed by atoms with Crippen molar-refractivity contribution in [1.29, 1.82) is 0 Å². The van der Waals surface area contributed by atoms with Crippen LogP contribution in [0.25, 0.3) is 11.1 Å². The van der Waals surface area contributed by atoms with Crippen molar-refractivity contribution in [3.63, 3.8) is 0 Å². The fourth-order valence-corrected chi connectivity index (χ4v) is 1.93. The molecule has 1 aromatic rings. The zero-order valence-corrected chi connectivity index (χ0v) is 14.4. The first-order valence-corrected chi connectivity index (χ1v) is 7.78. The van der Waals surface area contributed by atoms with Crippen molar-refractivity contribution >= 4 is 11.1 Å². The molecule has 22 heavy (non-hydrogen) atoms. The molecule has 3 nitrogen and oxygen atoms in total. The summed E-state index contributed by atoms with van der Waals surface area (Å²) in [7, 11) is 1.68. The standard InChI is InChI=1S/C19H28O3/c1-6-11-21-12-15(2)18-7-9-19(10-8-18)16(3)13-22-17(4)14-20-5/h7-10,12-13,17H,6,11,14H2,1-5H3. The Labute approximate surface area is 134 Å². The van der Waals surface area contributed by atoms with Crippen molar-refractivity contribution in [3.05, 3.63) is 47.9 Å². The second-order valence-electron chi connectivity index (χ2n) is 5.45. The van der Waals surface area contributed by atoms with Crippen LogP contribution in [0.4, 0.5) is 0 Å². The lowest BCUT2D eigenvalue weighted by Crippen LogP contribution is -2.11. The topological polar surface area (TPSA) is 27.7 Å². The monoisotopic (exact) mass is 304 g/mol. The summed E-state index contributed by atoms with van der Waals surface area (Å²) in [5, 5.41) is 0. The quantitative estimate of drug-likeness (QED) is 0.480. The van der Waals surface area contributed by atoms with E-state index in [0.717, 1.165) is 29.7 Å². The number of methoxy groups -OCH3 is 1. The molecule has 1 unspecified atom stereocenters. The third-order valence-corrected chi connectivity index (χ3v) is 3.26. The summed E-state index contributed by atoms with van der Waals surface area (Å²) in [4.78, 5) is 0. The normalized spacial score (nSPS) is 13.9. The van der Waals surface area contributed by atoms with Gasteiger partial charge in [0, 0.05) is 7.11 Å². The van der Waals surface area contributed by atoms with Crippen LogP contribution in [-0.4, -0.2) is 26.4 Å². The summed E-state index contributed by atoms with van der Waals surface area (Å²) in [6.45, 7) is 9.53. The van der Waals surface area contributed by atoms with Gasteiger partial charge < -0.3 is 14.2 Å². The van der Waals surface area contributed by atoms with Gasteiger partial charge in [-0.3, -0.25) is 0 Å². The van der Waals surface area contributed by atoms with Gasteiger partial charge in [0.25, 0.3) is 0 Å². The Morgan fingerprint density at radius 2 is 1.59 bits per heavy atom. The molecule has 0 saturated carbocycles. The molecule has 0 bridgehead atoms. The van der Waals surface area contributed by atoms with Gasteiger partial charge in [-0.05, 0) is 49.5 Å². The number of rotatable bonds is 9. The van der Waals surface area contributed by atoms with Crippen molar-refractivity contribution < 1.29 is 14.2 Å². The maximum atomic E-state index is 5.62. The van der Waals surface area contributed by atoms with Crippen LogP contribution in [0, 0.1) is 0 Å². The molecule has 3 heteroatoms. The Hall–Kier alpha value is -1.74. The minimum Gasteiger partial charge on any atom is -0.501 e. The van der Waals surface area contributed by atoms with E-state index in [4.69, 9.17) is 14.2 Å². The Balaban J connectivity index is 2.67. The molecule has 0 fully saturated rings. The third kappa shape index (κ3) is 6.35. The van der Waals surface area contributed by atoms with E-state index in [0.29, 0.717) is 6.61 Å². The van der Waals surface area contributed by atoms with Gasteiger partial charge in [-0.1, -0.05) is 31.2 Å². The number of ether oxygens (including phenoxy) is 3. The van der Waals surface area contributed by atoms with E-state index in [2.05, 4.69) is 38.1 Å². The first kappa shape index (κ1) is 18.3. The van der Waals surface area contributed by atoms with Crippen molar-refractivity contribution in [3.8, 4) is 0 Å². The molecular formula is C19H28O3. The van der Waals surface area contributed by atoms with E-state index in [1.165, 1.54) is 5.56 Å². The molecule has 0 amide bonds. The average molecular weight is 304 g/mol. The highest BCUT2D eigenvalue weighted by atomic mass is 16.5. The Kier molecular flexibility index (Phi) is 8.38. The molecule has 0 aliphatic rings. The van der Waals surface area contributed by atoms with Crippen LogP contribution in [0.1, 0.15) is 45.2 Å². The highest BCUT2D eigenvalue weighted by molar-refractivity contribution is 5.68. The van der Waals surface area contributed by atoms with E-state index in [1.54, 1.807) is 13.4 Å². The van der Waals surface area contributed by atoms with Crippen molar-refractivity contribution in [2.75, 3.05) is 20.3 Å². The fourth-order valence-electron chi connectivity index (χ4n) is 1.93. The van der Waals surface area contributed by atoms with E-state index in [9.17, 15) is 0 Å². The highest BCUT2D eigenvalue weighted by Gasteiger charge is 2.02. The summed E-state index contributed by atoms with van der Waals surface area (Å²) in [5.74, 6) is 0. The zero-order valence-electron chi connectivity index (χ0n) is 14.4. The maximum absolute atomic E-state index is 5.62. The molecule has 1 rings (SSSR count). The average Bonchev–Trinajstić information content (AvgIpc) is 2.53. The molecule has 0 aromatic heterocycles.